The summed E-state index contributed by atoms with van der Waals surface area (Å²) in [6.07, 6.45) is 5.55. The molecule has 0 spiro atoms. The van der Waals surface area contributed by atoms with E-state index >= 15 is 0 Å². The minimum Gasteiger partial charge on any atom is -0.461 e. The van der Waals surface area contributed by atoms with Crippen molar-refractivity contribution in [3.63, 3.8) is 0 Å². The number of nitrogens with zero attached hydrogens (tertiary/aromatic N) is 2. The van der Waals surface area contributed by atoms with Gasteiger partial charge in [0.2, 0.25) is 0 Å². The van der Waals surface area contributed by atoms with Gasteiger partial charge >= 0.3 is 5.97 Å². The van der Waals surface area contributed by atoms with Gasteiger partial charge in [-0.15, -0.1) is 0 Å². The monoisotopic (exact) mass is 237 g/mol. The van der Waals surface area contributed by atoms with Crippen molar-refractivity contribution in [3.8, 4) is 0 Å². The van der Waals surface area contributed by atoms with E-state index < -0.39 is 0 Å². The summed E-state index contributed by atoms with van der Waals surface area (Å²) in [4.78, 5) is 15.9. The lowest BCUT2D eigenvalue weighted by Crippen LogP contribution is -2.41. The number of carbonyl (C=O) groups is 1. The number of esters is 1. The van der Waals surface area contributed by atoms with Gasteiger partial charge in [-0.3, -0.25) is 0 Å². The van der Waals surface area contributed by atoms with Crippen LogP contribution in [0, 0.1) is 5.92 Å². The van der Waals surface area contributed by atoms with Crippen LogP contribution in [0.25, 0.3) is 0 Å². The van der Waals surface area contributed by atoms with E-state index in [0.717, 1.165) is 12.8 Å². The van der Waals surface area contributed by atoms with E-state index in [1.54, 1.807) is 19.4 Å². The van der Waals surface area contributed by atoms with Crippen LogP contribution in [0.15, 0.2) is 12.5 Å². The SMILES string of the molecule is CCOC(=O)c1cncn1C(C)(CN)C1CC1. The van der Waals surface area contributed by atoms with Gasteiger partial charge in [-0.1, -0.05) is 0 Å². The van der Waals surface area contributed by atoms with Gasteiger partial charge in [-0.05, 0) is 32.6 Å². The smallest absolute Gasteiger partial charge is 0.356 e. The molecule has 1 aliphatic rings. The number of imidazole rings is 1. The second-order valence-corrected chi connectivity index (χ2v) is 4.70. The fourth-order valence-corrected chi connectivity index (χ4v) is 2.23. The van der Waals surface area contributed by atoms with Crippen LogP contribution in [0.5, 0.6) is 0 Å². The lowest BCUT2D eigenvalue weighted by Gasteiger charge is -2.31. The molecule has 0 aliphatic heterocycles. The van der Waals surface area contributed by atoms with Crippen LogP contribution < -0.4 is 5.73 Å². The molecule has 1 aromatic rings. The molecule has 1 unspecified atom stereocenters. The molecule has 1 fully saturated rings. The highest BCUT2D eigenvalue weighted by Gasteiger charge is 2.43. The Labute approximate surface area is 101 Å². The molecule has 1 aliphatic carbocycles. The van der Waals surface area contributed by atoms with E-state index in [0.29, 0.717) is 24.8 Å². The fraction of sp³-hybridized carbons (Fsp3) is 0.667. The van der Waals surface area contributed by atoms with Crippen molar-refractivity contribution in [3.05, 3.63) is 18.2 Å². The van der Waals surface area contributed by atoms with Crippen LogP contribution in [-0.4, -0.2) is 28.7 Å². The van der Waals surface area contributed by atoms with E-state index in [1.807, 2.05) is 4.57 Å². The maximum absolute atomic E-state index is 11.8. The van der Waals surface area contributed by atoms with Gasteiger partial charge in [0, 0.05) is 6.54 Å². The number of hydrogen-bond donors (Lipinski definition) is 1. The molecule has 2 rings (SSSR count). The molecule has 1 saturated carbocycles. The second kappa shape index (κ2) is 4.49. The van der Waals surface area contributed by atoms with Crippen LogP contribution in [0.3, 0.4) is 0 Å². The Hall–Kier alpha value is -1.36. The van der Waals surface area contributed by atoms with Crippen LogP contribution >= 0.6 is 0 Å². The Morgan fingerprint density at radius 1 is 1.71 bits per heavy atom. The van der Waals surface area contributed by atoms with E-state index in [-0.39, 0.29) is 11.5 Å². The van der Waals surface area contributed by atoms with Crippen molar-refractivity contribution in [1.82, 2.24) is 9.55 Å². The van der Waals surface area contributed by atoms with Gasteiger partial charge in [-0.25, -0.2) is 9.78 Å². The summed E-state index contributed by atoms with van der Waals surface area (Å²) in [5, 5.41) is 0. The molecule has 0 radical (unpaired) electrons. The number of aromatic nitrogens is 2. The zero-order valence-corrected chi connectivity index (χ0v) is 10.3. The number of rotatable bonds is 5. The van der Waals surface area contributed by atoms with Gasteiger partial charge in [0.15, 0.2) is 0 Å². The van der Waals surface area contributed by atoms with E-state index in [2.05, 4.69) is 11.9 Å². The first-order valence-corrected chi connectivity index (χ1v) is 6.03. The Morgan fingerprint density at radius 3 is 2.94 bits per heavy atom. The van der Waals surface area contributed by atoms with Gasteiger partial charge < -0.3 is 15.0 Å². The van der Waals surface area contributed by atoms with Gasteiger partial charge in [0.05, 0.1) is 24.7 Å². The Bertz CT molecular complexity index is 412. The predicted molar refractivity (Wildman–Crippen MR) is 63.6 cm³/mol. The highest BCUT2D eigenvalue weighted by atomic mass is 16.5. The summed E-state index contributed by atoms with van der Waals surface area (Å²) in [5.74, 6) is 0.209. The zero-order chi connectivity index (χ0) is 12.5. The van der Waals surface area contributed by atoms with E-state index in [4.69, 9.17) is 10.5 Å². The predicted octanol–water partition coefficient (Wildman–Crippen LogP) is 1.14. The van der Waals surface area contributed by atoms with E-state index in [9.17, 15) is 4.79 Å². The molecule has 2 N–H and O–H groups in total. The Morgan fingerprint density at radius 2 is 2.41 bits per heavy atom. The number of nitrogens with two attached hydrogens (primary N) is 1. The molecule has 1 aromatic heterocycles. The third-order valence-corrected chi connectivity index (χ3v) is 3.54. The van der Waals surface area contributed by atoms with Crippen LogP contribution in [-0.2, 0) is 10.3 Å². The quantitative estimate of drug-likeness (QED) is 0.780. The normalized spacial score (nSPS) is 18.8. The number of carbonyl (C=O) groups excluding carboxylic acids is 1. The van der Waals surface area contributed by atoms with Crippen molar-refractivity contribution < 1.29 is 9.53 Å². The maximum Gasteiger partial charge on any atom is 0.356 e. The molecule has 0 amide bonds. The highest BCUT2D eigenvalue weighted by Crippen LogP contribution is 2.44. The lowest BCUT2D eigenvalue weighted by molar-refractivity contribution is 0.0503. The Kier molecular flexibility index (Phi) is 3.19. The molecular weight excluding hydrogens is 218 g/mol. The zero-order valence-electron chi connectivity index (χ0n) is 10.3. The van der Waals surface area contributed by atoms with Crippen molar-refractivity contribution in [2.24, 2.45) is 11.7 Å². The number of ether oxygens (including phenoxy) is 1. The third kappa shape index (κ3) is 2.07. The van der Waals surface area contributed by atoms with Crippen molar-refractivity contribution in [1.29, 1.82) is 0 Å². The van der Waals surface area contributed by atoms with E-state index in [1.165, 1.54) is 0 Å². The molecular formula is C12H19N3O2. The molecule has 5 heteroatoms. The molecule has 0 aromatic carbocycles. The first-order valence-electron chi connectivity index (χ1n) is 6.03. The van der Waals surface area contributed by atoms with Gasteiger partial charge in [-0.2, -0.15) is 0 Å². The van der Waals surface area contributed by atoms with Crippen LogP contribution in [0.2, 0.25) is 0 Å². The molecule has 5 nitrogen and oxygen atoms in total. The minimum atomic E-state index is -0.328. The summed E-state index contributed by atoms with van der Waals surface area (Å²) in [5.41, 5.74) is 6.15. The molecule has 0 saturated heterocycles. The van der Waals surface area contributed by atoms with Crippen LogP contribution in [0.1, 0.15) is 37.2 Å². The second-order valence-electron chi connectivity index (χ2n) is 4.70. The first kappa shape index (κ1) is 12.1. The molecule has 0 bridgehead atoms. The summed E-state index contributed by atoms with van der Waals surface area (Å²) in [6, 6.07) is 0. The molecule has 17 heavy (non-hydrogen) atoms. The van der Waals surface area contributed by atoms with Crippen molar-refractivity contribution in [2.45, 2.75) is 32.2 Å². The number of hydrogen-bond acceptors (Lipinski definition) is 4. The maximum atomic E-state index is 11.8. The topological polar surface area (TPSA) is 70.1 Å². The van der Waals surface area contributed by atoms with Crippen molar-refractivity contribution >= 4 is 5.97 Å². The molecule has 94 valence electrons. The summed E-state index contributed by atoms with van der Waals surface area (Å²) in [6.45, 7) is 4.74. The van der Waals surface area contributed by atoms with Crippen LogP contribution in [0.4, 0.5) is 0 Å². The fourth-order valence-electron chi connectivity index (χ4n) is 2.23. The summed E-state index contributed by atoms with van der Waals surface area (Å²) in [7, 11) is 0. The highest BCUT2D eigenvalue weighted by molar-refractivity contribution is 5.87. The molecule has 1 atom stereocenters. The lowest BCUT2D eigenvalue weighted by atomic mass is 9.95. The Balaban J connectivity index is 2.31. The molecule has 1 heterocycles. The van der Waals surface area contributed by atoms with Gasteiger partial charge in [0.1, 0.15) is 5.69 Å². The largest absolute Gasteiger partial charge is 0.461 e. The standard InChI is InChI=1S/C12H19N3O2/c1-3-17-11(16)10-6-14-8-15(10)12(2,7-13)9-4-5-9/h6,8-9H,3-5,7,13H2,1-2H3. The third-order valence-electron chi connectivity index (χ3n) is 3.54. The average molecular weight is 237 g/mol. The van der Waals surface area contributed by atoms with Crippen molar-refractivity contribution in [2.75, 3.05) is 13.2 Å². The minimum absolute atomic E-state index is 0.224. The average Bonchev–Trinajstić information content (AvgIpc) is 3.06. The van der Waals surface area contributed by atoms with Gasteiger partial charge in [0.25, 0.3) is 0 Å². The summed E-state index contributed by atoms with van der Waals surface area (Å²) >= 11 is 0. The summed E-state index contributed by atoms with van der Waals surface area (Å²) < 4.78 is 6.90. The first-order chi connectivity index (χ1) is 8.13.